The van der Waals surface area contributed by atoms with Crippen molar-refractivity contribution in [2.45, 2.75) is 0 Å². The first-order chi connectivity index (χ1) is 26.8. The van der Waals surface area contributed by atoms with Gasteiger partial charge in [-0.05, 0) is 89.7 Å². The second-order valence-corrected chi connectivity index (χ2v) is 13.4. The lowest BCUT2D eigenvalue weighted by Crippen LogP contribution is -1.88. The zero-order chi connectivity index (χ0) is 36.4. The lowest BCUT2D eigenvalue weighted by atomic mass is 9.95. The molecule has 0 bridgehead atoms. The van der Waals surface area contributed by atoms with Crippen LogP contribution in [0.4, 0.5) is 0 Å². The molecule has 0 heterocycles. The van der Waals surface area contributed by atoms with Gasteiger partial charge in [0.2, 0.25) is 0 Å². The van der Waals surface area contributed by atoms with Gasteiger partial charge < -0.3 is 0 Å². The van der Waals surface area contributed by atoms with Crippen LogP contribution in [0.5, 0.6) is 0 Å². The Bertz CT molecular complexity index is 2310. The number of benzene rings is 8. The van der Waals surface area contributed by atoms with Crippen molar-refractivity contribution in [3.05, 3.63) is 262 Å². The van der Waals surface area contributed by atoms with Crippen molar-refractivity contribution in [2.24, 2.45) is 0 Å². The molecule has 0 nitrogen and oxygen atoms in total. The van der Waals surface area contributed by atoms with Crippen molar-refractivity contribution in [1.29, 1.82) is 0 Å². The topological polar surface area (TPSA) is 0 Å². The Morgan fingerprint density at radius 3 is 0.907 bits per heavy atom. The second kappa shape index (κ2) is 16.5. The van der Waals surface area contributed by atoms with Crippen LogP contribution in [0, 0.1) is 0 Å². The average molecular weight is 689 g/mol. The molecule has 0 unspecified atom stereocenters. The third-order valence-electron chi connectivity index (χ3n) is 9.71. The van der Waals surface area contributed by atoms with E-state index in [2.05, 4.69) is 243 Å². The van der Waals surface area contributed by atoms with E-state index < -0.39 is 0 Å². The molecule has 8 aromatic rings. The van der Waals surface area contributed by atoms with Crippen LogP contribution in [0.1, 0.15) is 55.6 Å². The molecule has 256 valence electrons. The van der Waals surface area contributed by atoms with E-state index in [9.17, 15) is 0 Å². The predicted molar refractivity (Wildman–Crippen MR) is 234 cm³/mol. The molecule has 0 heteroatoms. The molecule has 0 spiro atoms. The van der Waals surface area contributed by atoms with Gasteiger partial charge in [0.1, 0.15) is 0 Å². The van der Waals surface area contributed by atoms with E-state index >= 15 is 0 Å². The number of hydrogen-bond acceptors (Lipinski definition) is 0. The van der Waals surface area contributed by atoms with Crippen molar-refractivity contribution in [3.63, 3.8) is 0 Å². The normalized spacial score (nSPS) is 11.2. The number of rotatable bonds is 10. The Hall–Kier alpha value is -7.02. The van der Waals surface area contributed by atoms with Crippen LogP contribution in [0.3, 0.4) is 0 Å². The van der Waals surface area contributed by atoms with E-state index in [-0.39, 0.29) is 0 Å². The molecule has 54 heavy (non-hydrogen) atoms. The fourth-order valence-corrected chi connectivity index (χ4v) is 6.93. The predicted octanol–water partition coefficient (Wildman–Crippen LogP) is 14.4. The Kier molecular flexibility index (Phi) is 10.4. The van der Waals surface area contributed by atoms with Gasteiger partial charge in [0.15, 0.2) is 0 Å². The van der Waals surface area contributed by atoms with Gasteiger partial charge in [0.25, 0.3) is 0 Å². The molecular formula is C54H40. The maximum atomic E-state index is 2.28. The Balaban J connectivity index is 1.03. The summed E-state index contributed by atoms with van der Waals surface area (Å²) in [6.07, 6.45) is 13.5. The van der Waals surface area contributed by atoms with Gasteiger partial charge in [-0.15, -0.1) is 0 Å². The van der Waals surface area contributed by atoms with E-state index in [1.165, 1.54) is 66.4 Å². The van der Waals surface area contributed by atoms with Gasteiger partial charge >= 0.3 is 0 Å². The Morgan fingerprint density at radius 2 is 0.574 bits per heavy atom. The minimum Gasteiger partial charge on any atom is -0.0622 e. The van der Waals surface area contributed by atoms with Crippen LogP contribution in [-0.2, 0) is 0 Å². The van der Waals surface area contributed by atoms with Crippen LogP contribution in [0.15, 0.2) is 206 Å². The molecule has 0 aliphatic rings. The fraction of sp³-hybridized carbons (Fsp3) is 0. The molecule has 0 fully saturated rings. The number of hydrogen-bond donors (Lipinski definition) is 0. The molecule has 0 amide bonds. The molecular weight excluding hydrogens is 649 g/mol. The molecule has 0 atom stereocenters. The molecule has 8 aromatic carbocycles. The van der Waals surface area contributed by atoms with Crippen molar-refractivity contribution in [3.8, 4) is 0 Å². The summed E-state index contributed by atoms with van der Waals surface area (Å²) in [5, 5.41) is 2.47. The number of fused-ring (bicyclic) bond motifs is 1. The first-order valence-electron chi connectivity index (χ1n) is 18.5. The molecule has 0 saturated heterocycles. The van der Waals surface area contributed by atoms with Crippen LogP contribution in [-0.4, -0.2) is 0 Å². The molecule has 0 aliphatic heterocycles. The monoisotopic (exact) mass is 688 g/mol. The lowest BCUT2D eigenvalue weighted by Gasteiger charge is -2.09. The minimum atomic E-state index is 1.16. The molecule has 0 aliphatic carbocycles. The van der Waals surface area contributed by atoms with Gasteiger partial charge in [-0.2, -0.15) is 0 Å². The van der Waals surface area contributed by atoms with E-state index in [4.69, 9.17) is 0 Å². The summed E-state index contributed by atoms with van der Waals surface area (Å²) in [6.45, 7) is 0. The van der Waals surface area contributed by atoms with Gasteiger partial charge in [0.05, 0.1) is 0 Å². The maximum Gasteiger partial charge on any atom is -0.00389 e. The van der Waals surface area contributed by atoms with Crippen molar-refractivity contribution < 1.29 is 0 Å². The van der Waals surface area contributed by atoms with E-state index in [0.29, 0.717) is 0 Å². The zero-order valence-electron chi connectivity index (χ0n) is 30.1. The summed E-state index contributed by atoms with van der Waals surface area (Å²) < 4.78 is 0. The Labute approximate surface area is 319 Å². The highest BCUT2D eigenvalue weighted by Gasteiger charge is 2.07. The summed E-state index contributed by atoms with van der Waals surface area (Å²) in [7, 11) is 0. The van der Waals surface area contributed by atoms with Crippen LogP contribution >= 0.6 is 0 Å². The standard InChI is InChI=1S/C54H40/c1-5-15-45(16-6-1)52(46-17-7-2-8-18-46)39-43-31-27-41(28-32-43)35-37-50-25-13-23-49-24-14-26-51(54(49)50)38-36-42-29-33-44(34-30-42)40-53(47-19-9-3-10-20-47)48-21-11-4-12-22-48/h1-40H. The highest BCUT2D eigenvalue weighted by atomic mass is 14.1. The quantitative estimate of drug-likeness (QED) is 0.125. The third kappa shape index (κ3) is 8.20. The van der Waals surface area contributed by atoms with Crippen LogP contribution in [0.2, 0.25) is 0 Å². The lowest BCUT2D eigenvalue weighted by molar-refractivity contribution is 1.55. The summed E-state index contributed by atoms with van der Waals surface area (Å²) >= 11 is 0. The largest absolute Gasteiger partial charge is 0.0622 e. The minimum absolute atomic E-state index is 1.16. The second-order valence-electron chi connectivity index (χ2n) is 13.4. The van der Waals surface area contributed by atoms with Crippen LogP contribution in [0.25, 0.3) is 58.4 Å². The van der Waals surface area contributed by atoms with Gasteiger partial charge in [-0.25, -0.2) is 0 Å². The third-order valence-corrected chi connectivity index (χ3v) is 9.71. The van der Waals surface area contributed by atoms with Gasteiger partial charge in [0, 0.05) is 0 Å². The maximum absolute atomic E-state index is 2.28. The summed E-state index contributed by atoms with van der Waals surface area (Å²) in [6, 6.07) is 73.1. The summed E-state index contributed by atoms with van der Waals surface area (Å²) in [5.41, 5.74) is 14.3. The SMILES string of the molecule is C(=Cc1cccc2cccc(C=Cc3ccc(C=C(c4ccccc4)c4ccccc4)cc3)c12)c1ccc(C=C(c2ccccc2)c2ccccc2)cc1. The molecule has 0 aromatic heterocycles. The first-order valence-corrected chi connectivity index (χ1v) is 18.5. The molecule has 0 radical (unpaired) electrons. The van der Waals surface area contributed by atoms with Crippen LogP contribution < -0.4 is 0 Å². The van der Waals surface area contributed by atoms with Gasteiger partial charge in [-0.3, -0.25) is 0 Å². The fourth-order valence-electron chi connectivity index (χ4n) is 6.93. The van der Waals surface area contributed by atoms with E-state index in [1.54, 1.807) is 0 Å². The van der Waals surface area contributed by atoms with E-state index in [1.807, 2.05) is 0 Å². The highest BCUT2D eigenvalue weighted by molar-refractivity contribution is 6.00. The summed E-state index contributed by atoms with van der Waals surface area (Å²) in [4.78, 5) is 0. The average Bonchev–Trinajstić information content (AvgIpc) is 3.25. The highest BCUT2D eigenvalue weighted by Crippen LogP contribution is 2.30. The van der Waals surface area contributed by atoms with Gasteiger partial charge in [-0.1, -0.05) is 231 Å². The zero-order valence-corrected chi connectivity index (χ0v) is 30.1. The molecule has 0 saturated carbocycles. The van der Waals surface area contributed by atoms with Crippen molar-refractivity contribution in [1.82, 2.24) is 0 Å². The van der Waals surface area contributed by atoms with Crippen molar-refractivity contribution >= 4 is 58.4 Å². The smallest absolute Gasteiger partial charge is 0.00389 e. The van der Waals surface area contributed by atoms with E-state index in [0.717, 1.165) is 11.1 Å². The Morgan fingerprint density at radius 1 is 0.259 bits per heavy atom. The van der Waals surface area contributed by atoms with Crippen molar-refractivity contribution in [2.75, 3.05) is 0 Å². The summed E-state index contributed by atoms with van der Waals surface area (Å²) in [5.74, 6) is 0. The first kappa shape index (κ1) is 34.1. The molecule has 8 rings (SSSR count). The molecule has 0 N–H and O–H groups in total.